The zero-order valence-electron chi connectivity index (χ0n) is 17.0. The molecule has 1 amide bonds. The van der Waals surface area contributed by atoms with Crippen molar-refractivity contribution in [1.29, 1.82) is 0 Å². The minimum absolute atomic E-state index is 0.00505. The molecule has 0 atom stereocenters. The number of hydrogen-bond acceptors (Lipinski definition) is 4. The number of nitrogens with zero attached hydrogens (tertiary/aromatic N) is 1. The van der Waals surface area contributed by atoms with E-state index in [0.29, 0.717) is 22.8 Å². The summed E-state index contributed by atoms with van der Waals surface area (Å²) in [6.45, 7) is 15.6. The van der Waals surface area contributed by atoms with Gasteiger partial charge < -0.3 is 4.90 Å². The standard InChI is InChI=1S/C20H38N2OS2/c1-18(2,3)20(6)11-13-22(14-12-20)17(23)15-7-9-16(10-8-15)21-19(4,5)25-24/h15-16,21,24H,7-14H2,1-6H3. The largest absolute Gasteiger partial charge is 0.342 e. The smallest absolute Gasteiger partial charge is 0.225 e. The molecule has 0 aromatic carbocycles. The normalized spacial score (nSPS) is 28.0. The lowest BCUT2D eigenvalue weighted by Crippen LogP contribution is -2.50. The van der Waals surface area contributed by atoms with Gasteiger partial charge in [0, 0.05) is 25.0 Å². The molecule has 25 heavy (non-hydrogen) atoms. The fraction of sp³-hybridized carbons (Fsp3) is 0.950. The van der Waals surface area contributed by atoms with Crippen LogP contribution in [0.25, 0.3) is 0 Å². The maximum absolute atomic E-state index is 13.0. The van der Waals surface area contributed by atoms with Gasteiger partial charge in [-0.2, -0.15) is 0 Å². The van der Waals surface area contributed by atoms with Crippen molar-refractivity contribution in [2.24, 2.45) is 16.7 Å². The highest BCUT2D eigenvalue weighted by molar-refractivity contribution is 8.69. The fourth-order valence-electron chi connectivity index (χ4n) is 4.23. The first-order valence-electron chi connectivity index (χ1n) is 9.86. The summed E-state index contributed by atoms with van der Waals surface area (Å²) in [5.41, 5.74) is 0.658. The lowest BCUT2D eigenvalue weighted by molar-refractivity contribution is -0.140. The number of carbonyl (C=O) groups excluding carboxylic acids is 1. The molecule has 1 saturated heterocycles. The molecule has 0 bridgehead atoms. The molecule has 2 aliphatic rings. The number of thiol groups is 1. The first kappa shape index (κ1) is 21.4. The molecule has 0 spiro atoms. The van der Waals surface area contributed by atoms with E-state index in [9.17, 15) is 4.79 Å². The SMILES string of the molecule is CC(C)(NC1CCC(C(=O)N2CCC(C)(C(C)(C)C)CC2)CC1)SS. The van der Waals surface area contributed by atoms with Crippen LogP contribution in [0.15, 0.2) is 0 Å². The van der Waals surface area contributed by atoms with E-state index < -0.39 is 0 Å². The highest BCUT2D eigenvalue weighted by Crippen LogP contribution is 2.46. The van der Waals surface area contributed by atoms with Crippen LogP contribution in [0.2, 0.25) is 0 Å². The van der Waals surface area contributed by atoms with Gasteiger partial charge in [0.2, 0.25) is 5.91 Å². The topological polar surface area (TPSA) is 32.3 Å². The van der Waals surface area contributed by atoms with E-state index in [1.165, 1.54) is 0 Å². The Morgan fingerprint density at radius 1 is 1.08 bits per heavy atom. The second kappa shape index (κ2) is 8.02. The molecule has 5 heteroatoms. The number of piperidine rings is 1. The summed E-state index contributed by atoms with van der Waals surface area (Å²) in [6, 6.07) is 0.518. The number of rotatable bonds is 4. The summed E-state index contributed by atoms with van der Waals surface area (Å²) in [6.07, 6.45) is 6.51. The Balaban J connectivity index is 1.82. The van der Waals surface area contributed by atoms with Crippen LogP contribution in [-0.4, -0.2) is 34.8 Å². The molecule has 1 aliphatic carbocycles. The van der Waals surface area contributed by atoms with Crippen molar-refractivity contribution in [2.45, 2.75) is 91.0 Å². The number of likely N-dealkylation sites (tertiary alicyclic amines) is 1. The number of hydrogen-bond donors (Lipinski definition) is 2. The summed E-state index contributed by atoms with van der Waals surface area (Å²) in [7, 11) is 1.56. The average molecular weight is 387 g/mol. The summed E-state index contributed by atoms with van der Waals surface area (Å²) in [5, 5.41) is 3.67. The highest BCUT2D eigenvalue weighted by atomic mass is 33.1. The Labute approximate surface area is 164 Å². The van der Waals surface area contributed by atoms with Gasteiger partial charge >= 0.3 is 0 Å². The Bertz CT molecular complexity index is 457. The van der Waals surface area contributed by atoms with Gasteiger partial charge in [0.1, 0.15) is 0 Å². The van der Waals surface area contributed by atoms with Crippen molar-refractivity contribution >= 4 is 28.4 Å². The number of amides is 1. The van der Waals surface area contributed by atoms with E-state index in [1.807, 2.05) is 0 Å². The van der Waals surface area contributed by atoms with E-state index in [2.05, 4.69) is 63.4 Å². The van der Waals surface area contributed by atoms with E-state index in [1.54, 1.807) is 10.8 Å². The molecule has 3 nitrogen and oxygen atoms in total. The molecule has 0 aromatic heterocycles. The van der Waals surface area contributed by atoms with Crippen molar-refractivity contribution in [1.82, 2.24) is 10.2 Å². The van der Waals surface area contributed by atoms with Crippen molar-refractivity contribution < 1.29 is 4.79 Å². The van der Waals surface area contributed by atoms with E-state index in [0.717, 1.165) is 51.6 Å². The van der Waals surface area contributed by atoms with Crippen molar-refractivity contribution in [3.05, 3.63) is 0 Å². The quantitative estimate of drug-likeness (QED) is 0.399. The fourth-order valence-corrected chi connectivity index (χ4v) is 4.61. The molecule has 0 aromatic rings. The van der Waals surface area contributed by atoms with Gasteiger partial charge in [-0.15, -0.1) is 11.7 Å². The first-order chi connectivity index (χ1) is 11.5. The maximum atomic E-state index is 13.0. The first-order valence-corrected chi connectivity index (χ1v) is 11.7. The van der Waals surface area contributed by atoms with Crippen LogP contribution in [0.1, 0.15) is 80.1 Å². The molecule has 1 N–H and O–H groups in total. The van der Waals surface area contributed by atoms with Gasteiger partial charge in [-0.25, -0.2) is 0 Å². The van der Waals surface area contributed by atoms with Crippen LogP contribution >= 0.6 is 22.5 Å². The highest BCUT2D eigenvalue weighted by Gasteiger charge is 2.41. The van der Waals surface area contributed by atoms with Gasteiger partial charge in [-0.1, -0.05) is 38.5 Å². The number of nitrogens with one attached hydrogen (secondary N) is 1. The molecule has 146 valence electrons. The van der Waals surface area contributed by atoms with Gasteiger partial charge in [0.15, 0.2) is 0 Å². The summed E-state index contributed by atoms with van der Waals surface area (Å²) in [5.74, 6) is 0.654. The third kappa shape index (κ3) is 5.32. The Hall–Kier alpha value is 0.130. The van der Waals surface area contributed by atoms with Crippen molar-refractivity contribution in [2.75, 3.05) is 13.1 Å². The second-order valence-corrected chi connectivity index (χ2v) is 11.7. The van der Waals surface area contributed by atoms with E-state index in [4.69, 9.17) is 0 Å². The Kier molecular flexibility index (Phi) is 6.87. The molecule has 2 fully saturated rings. The van der Waals surface area contributed by atoms with Crippen LogP contribution in [0.3, 0.4) is 0 Å². The lowest BCUT2D eigenvalue weighted by Gasteiger charge is -2.48. The molecule has 0 radical (unpaired) electrons. The minimum atomic E-state index is -0.00505. The molecule has 1 saturated carbocycles. The summed E-state index contributed by atoms with van der Waals surface area (Å²) in [4.78, 5) is 15.1. The van der Waals surface area contributed by atoms with Crippen LogP contribution in [0.5, 0.6) is 0 Å². The van der Waals surface area contributed by atoms with Gasteiger partial charge in [-0.05, 0) is 63.2 Å². The lowest BCUT2D eigenvalue weighted by atomic mass is 9.63. The van der Waals surface area contributed by atoms with Crippen LogP contribution in [-0.2, 0) is 4.79 Å². The molecule has 1 aliphatic heterocycles. The van der Waals surface area contributed by atoms with Crippen LogP contribution < -0.4 is 5.32 Å². The monoisotopic (exact) mass is 386 g/mol. The molecule has 1 heterocycles. The van der Waals surface area contributed by atoms with Gasteiger partial charge in [-0.3, -0.25) is 10.1 Å². The number of carbonyl (C=O) groups is 1. The van der Waals surface area contributed by atoms with E-state index >= 15 is 0 Å². The van der Waals surface area contributed by atoms with Crippen LogP contribution in [0, 0.1) is 16.7 Å². The maximum Gasteiger partial charge on any atom is 0.225 e. The predicted molar refractivity (Wildman–Crippen MR) is 113 cm³/mol. The zero-order chi connectivity index (χ0) is 18.9. The van der Waals surface area contributed by atoms with Gasteiger partial charge in [0.25, 0.3) is 0 Å². The molecule has 0 unspecified atom stereocenters. The van der Waals surface area contributed by atoms with E-state index in [-0.39, 0.29) is 10.8 Å². The van der Waals surface area contributed by atoms with Crippen molar-refractivity contribution in [3.63, 3.8) is 0 Å². The predicted octanol–water partition coefficient (Wildman–Crippen LogP) is 5.12. The second-order valence-electron chi connectivity index (χ2n) is 9.93. The summed E-state index contributed by atoms with van der Waals surface area (Å²) >= 11 is 4.35. The third-order valence-corrected chi connectivity index (χ3v) is 8.79. The van der Waals surface area contributed by atoms with Crippen molar-refractivity contribution in [3.8, 4) is 0 Å². The Morgan fingerprint density at radius 2 is 1.60 bits per heavy atom. The van der Waals surface area contributed by atoms with Gasteiger partial charge in [0.05, 0.1) is 4.87 Å². The molecular weight excluding hydrogens is 348 g/mol. The average Bonchev–Trinajstić information content (AvgIpc) is 2.54. The van der Waals surface area contributed by atoms with Crippen LogP contribution in [0.4, 0.5) is 0 Å². The zero-order valence-corrected chi connectivity index (χ0v) is 18.7. The summed E-state index contributed by atoms with van der Waals surface area (Å²) < 4.78 is 0. The minimum Gasteiger partial charge on any atom is -0.342 e. The Morgan fingerprint density at radius 3 is 2.04 bits per heavy atom. The third-order valence-electron chi connectivity index (χ3n) is 6.85. The molecule has 2 rings (SSSR count). The molecular formula is C20H38N2OS2.